The Morgan fingerprint density at radius 1 is 0.852 bits per heavy atom. The summed E-state index contributed by atoms with van der Waals surface area (Å²) in [7, 11) is 0. The van der Waals surface area contributed by atoms with Gasteiger partial charge in [0.05, 0.1) is 12.9 Å². The molecule has 0 saturated carbocycles. The number of nitrogens with zero attached hydrogens (tertiary/aromatic N) is 5. The summed E-state index contributed by atoms with van der Waals surface area (Å²) in [6.07, 6.45) is 8.83. The van der Waals surface area contributed by atoms with Gasteiger partial charge in [0, 0.05) is 31.2 Å². The Hall–Kier alpha value is -2.96. The van der Waals surface area contributed by atoms with Crippen LogP contribution in [-0.4, -0.2) is 24.3 Å². The maximum absolute atomic E-state index is 4.15. The fourth-order valence-electron chi connectivity index (χ4n) is 2.89. The summed E-state index contributed by atoms with van der Waals surface area (Å²) >= 11 is 0. The molecule has 0 radical (unpaired) electrons. The Morgan fingerprint density at radius 2 is 1.67 bits per heavy atom. The number of aromatic nitrogens is 5. The van der Waals surface area contributed by atoms with Gasteiger partial charge in [-0.25, -0.2) is 14.6 Å². The second-order valence-electron chi connectivity index (χ2n) is 6.15. The van der Waals surface area contributed by atoms with Crippen molar-refractivity contribution in [3.8, 4) is 5.69 Å². The molecule has 0 saturated heterocycles. The second kappa shape index (κ2) is 9.12. The van der Waals surface area contributed by atoms with Crippen LogP contribution < -0.4 is 5.32 Å². The highest BCUT2D eigenvalue weighted by Crippen LogP contribution is 2.10. The summed E-state index contributed by atoms with van der Waals surface area (Å²) in [5.74, 6) is 0. The Morgan fingerprint density at radius 3 is 2.41 bits per heavy atom. The van der Waals surface area contributed by atoms with Crippen LogP contribution >= 0.6 is 12.4 Å². The van der Waals surface area contributed by atoms with Crippen molar-refractivity contribution in [2.24, 2.45) is 0 Å². The van der Waals surface area contributed by atoms with Gasteiger partial charge in [-0.15, -0.1) is 12.4 Å². The maximum atomic E-state index is 4.15. The SMILES string of the molecule is Cl.c1cc(CNCc2ccc(-n3ccnc3)cc2)cc(Cn2cncn2)c1. The molecule has 2 aromatic carbocycles. The van der Waals surface area contributed by atoms with Crippen molar-refractivity contribution in [3.63, 3.8) is 0 Å². The normalized spacial score (nSPS) is 10.5. The first-order valence-corrected chi connectivity index (χ1v) is 8.55. The molecule has 0 aliphatic rings. The molecule has 0 aliphatic carbocycles. The van der Waals surface area contributed by atoms with Gasteiger partial charge >= 0.3 is 0 Å². The monoisotopic (exact) mass is 380 g/mol. The van der Waals surface area contributed by atoms with Crippen LogP contribution in [0.15, 0.2) is 79.9 Å². The van der Waals surface area contributed by atoms with E-state index in [1.165, 1.54) is 16.7 Å². The molecule has 0 fully saturated rings. The quantitative estimate of drug-likeness (QED) is 0.534. The van der Waals surface area contributed by atoms with Crippen molar-refractivity contribution in [1.29, 1.82) is 0 Å². The van der Waals surface area contributed by atoms with Crippen molar-refractivity contribution in [2.45, 2.75) is 19.6 Å². The minimum atomic E-state index is 0. The molecule has 2 aromatic heterocycles. The first-order chi connectivity index (χ1) is 12.9. The zero-order valence-electron chi connectivity index (χ0n) is 14.8. The standard InChI is InChI=1S/C20H20N6.ClH/c1-2-18(10-19(3-1)13-26-16-23-14-24-26)12-22-11-17-4-6-20(7-5-17)25-9-8-21-15-25;/h1-10,14-16,22H,11-13H2;1H. The van der Waals surface area contributed by atoms with E-state index in [9.17, 15) is 0 Å². The van der Waals surface area contributed by atoms with Crippen molar-refractivity contribution in [1.82, 2.24) is 29.6 Å². The molecular formula is C20H21ClN6. The lowest BCUT2D eigenvalue weighted by Gasteiger charge is -2.08. The lowest BCUT2D eigenvalue weighted by Crippen LogP contribution is -2.13. The molecule has 4 aromatic rings. The third-order valence-electron chi connectivity index (χ3n) is 4.20. The van der Waals surface area contributed by atoms with E-state index in [0.717, 1.165) is 25.3 Å². The zero-order chi connectivity index (χ0) is 17.6. The Kier molecular flexibility index (Phi) is 6.35. The van der Waals surface area contributed by atoms with E-state index in [0.29, 0.717) is 0 Å². The maximum Gasteiger partial charge on any atom is 0.137 e. The van der Waals surface area contributed by atoms with Crippen LogP contribution in [0, 0.1) is 0 Å². The highest BCUT2D eigenvalue weighted by molar-refractivity contribution is 5.85. The van der Waals surface area contributed by atoms with E-state index in [1.54, 1.807) is 25.2 Å². The molecule has 0 amide bonds. The van der Waals surface area contributed by atoms with Crippen LogP contribution in [0.1, 0.15) is 16.7 Å². The van der Waals surface area contributed by atoms with Crippen molar-refractivity contribution in [3.05, 3.63) is 96.6 Å². The lowest BCUT2D eigenvalue weighted by atomic mass is 10.1. The lowest BCUT2D eigenvalue weighted by molar-refractivity contribution is 0.676. The van der Waals surface area contributed by atoms with Gasteiger partial charge < -0.3 is 9.88 Å². The van der Waals surface area contributed by atoms with E-state index in [-0.39, 0.29) is 12.4 Å². The van der Waals surface area contributed by atoms with Gasteiger partial charge in [-0.05, 0) is 28.8 Å². The average molecular weight is 381 g/mol. The van der Waals surface area contributed by atoms with Gasteiger partial charge in [0.2, 0.25) is 0 Å². The molecule has 27 heavy (non-hydrogen) atoms. The summed E-state index contributed by atoms with van der Waals surface area (Å²) in [4.78, 5) is 8.06. The smallest absolute Gasteiger partial charge is 0.137 e. The summed E-state index contributed by atoms with van der Waals surface area (Å²) in [6.45, 7) is 2.40. The van der Waals surface area contributed by atoms with Gasteiger partial charge in [-0.3, -0.25) is 0 Å². The first kappa shape index (κ1) is 18.8. The highest BCUT2D eigenvalue weighted by atomic mass is 35.5. The van der Waals surface area contributed by atoms with E-state index in [4.69, 9.17) is 0 Å². The molecule has 6 nitrogen and oxygen atoms in total. The molecule has 0 atom stereocenters. The van der Waals surface area contributed by atoms with Gasteiger partial charge in [0.15, 0.2) is 0 Å². The first-order valence-electron chi connectivity index (χ1n) is 8.55. The molecule has 4 rings (SSSR count). The van der Waals surface area contributed by atoms with Gasteiger partial charge in [-0.1, -0.05) is 36.4 Å². The van der Waals surface area contributed by atoms with Gasteiger partial charge in [-0.2, -0.15) is 5.10 Å². The minimum Gasteiger partial charge on any atom is -0.309 e. The Balaban J connectivity index is 0.00000210. The van der Waals surface area contributed by atoms with Crippen LogP contribution in [0.5, 0.6) is 0 Å². The molecule has 0 spiro atoms. The number of imidazole rings is 1. The molecule has 2 heterocycles. The third kappa shape index (κ3) is 5.03. The van der Waals surface area contributed by atoms with E-state index >= 15 is 0 Å². The number of hydrogen-bond acceptors (Lipinski definition) is 4. The zero-order valence-corrected chi connectivity index (χ0v) is 15.6. The van der Waals surface area contributed by atoms with Crippen LogP contribution in [0.2, 0.25) is 0 Å². The molecule has 138 valence electrons. The van der Waals surface area contributed by atoms with E-state index in [2.05, 4.69) is 68.9 Å². The van der Waals surface area contributed by atoms with Crippen LogP contribution in [0.3, 0.4) is 0 Å². The fourth-order valence-corrected chi connectivity index (χ4v) is 2.89. The molecule has 1 N–H and O–H groups in total. The van der Waals surface area contributed by atoms with Crippen LogP contribution in [-0.2, 0) is 19.6 Å². The highest BCUT2D eigenvalue weighted by Gasteiger charge is 2.00. The average Bonchev–Trinajstić information content (AvgIpc) is 3.37. The van der Waals surface area contributed by atoms with Crippen LogP contribution in [0.25, 0.3) is 5.69 Å². The number of hydrogen-bond donors (Lipinski definition) is 1. The summed E-state index contributed by atoms with van der Waals surface area (Å²) in [6, 6.07) is 17.0. The van der Waals surface area contributed by atoms with E-state index < -0.39 is 0 Å². The molecule has 0 unspecified atom stereocenters. The van der Waals surface area contributed by atoms with E-state index in [1.807, 2.05) is 15.4 Å². The summed E-state index contributed by atoms with van der Waals surface area (Å²) in [5.41, 5.74) is 4.86. The molecule has 0 bridgehead atoms. The van der Waals surface area contributed by atoms with Crippen molar-refractivity contribution in [2.75, 3.05) is 0 Å². The Labute approximate surface area is 164 Å². The predicted octanol–water partition coefficient (Wildman–Crippen LogP) is 3.22. The van der Waals surface area contributed by atoms with Crippen LogP contribution in [0.4, 0.5) is 0 Å². The second-order valence-corrected chi connectivity index (χ2v) is 6.15. The number of halogens is 1. The third-order valence-corrected chi connectivity index (χ3v) is 4.20. The predicted molar refractivity (Wildman–Crippen MR) is 107 cm³/mol. The van der Waals surface area contributed by atoms with Gasteiger partial charge in [0.1, 0.15) is 12.7 Å². The minimum absolute atomic E-state index is 0. The summed E-state index contributed by atoms with van der Waals surface area (Å²) in [5, 5.41) is 7.66. The molecule has 0 aliphatic heterocycles. The topological polar surface area (TPSA) is 60.6 Å². The van der Waals surface area contributed by atoms with Gasteiger partial charge in [0.25, 0.3) is 0 Å². The number of nitrogens with one attached hydrogen (secondary N) is 1. The number of benzene rings is 2. The molecular weight excluding hydrogens is 360 g/mol. The Bertz CT molecular complexity index is 933. The fraction of sp³-hybridized carbons (Fsp3) is 0.150. The molecule has 7 heteroatoms. The number of rotatable bonds is 7. The largest absolute Gasteiger partial charge is 0.309 e. The van der Waals surface area contributed by atoms with Crippen molar-refractivity contribution >= 4 is 12.4 Å². The van der Waals surface area contributed by atoms with Crippen molar-refractivity contribution < 1.29 is 0 Å². The summed E-state index contributed by atoms with van der Waals surface area (Å²) < 4.78 is 3.83.